The molecule has 3 heteroatoms. The largest absolute Gasteiger partial charge is 0.314 e. The Morgan fingerprint density at radius 1 is 0.960 bits per heavy atom. The standard InChI is InChI=1S/C22H25O2P/c1-21-14-13-17(15-20(21)23)22(21,2)16-25(24,18-9-5-3-6-10-18)19-11-7-4-8-12-19/h3-12,17H,13-16H2,1-2H3/t17-,21+,22-/m1/s1. The quantitative estimate of drug-likeness (QED) is 0.765. The Bertz CT molecular complexity index is 801. The highest BCUT2D eigenvalue weighted by atomic mass is 31.2. The third-order valence-electron chi connectivity index (χ3n) is 7.10. The molecule has 3 atom stereocenters. The van der Waals surface area contributed by atoms with E-state index in [1.165, 1.54) is 0 Å². The van der Waals surface area contributed by atoms with Gasteiger partial charge in [0.15, 0.2) is 0 Å². The Morgan fingerprint density at radius 3 is 1.88 bits per heavy atom. The molecule has 2 aromatic carbocycles. The molecule has 2 nitrogen and oxygen atoms in total. The summed E-state index contributed by atoms with van der Waals surface area (Å²) >= 11 is 0. The van der Waals surface area contributed by atoms with Crippen LogP contribution in [0.2, 0.25) is 0 Å². The summed E-state index contributed by atoms with van der Waals surface area (Å²) in [6.07, 6.45) is 3.27. The molecule has 0 amide bonds. The van der Waals surface area contributed by atoms with Crippen molar-refractivity contribution < 1.29 is 9.36 Å². The lowest BCUT2D eigenvalue weighted by Crippen LogP contribution is -2.40. The summed E-state index contributed by atoms with van der Waals surface area (Å²) in [6.45, 7) is 4.33. The third kappa shape index (κ3) is 2.30. The minimum absolute atomic E-state index is 0.189. The monoisotopic (exact) mass is 352 g/mol. The van der Waals surface area contributed by atoms with Crippen LogP contribution < -0.4 is 10.6 Å². The Kier molecular flexibility index (Phi) is 3.81. The fourth-order valence-corrected chi connectivity index (χ4v) is 8.69. The van der Waals surface area contributed by atoms with E-state index in [1.54, 1.807) is 0 Å². The highest BCUT2D eigenvalue weighted by Gasteiger charge is 2.65. The summed E-state index contributed by atoms with van der Waals surface area (Å²) in [4.78, 5) is 12.6. The molecule has 0 N–H and O–H groups in total. The van der Waals surface area contributed by atoms with E-state index in [2.05, 4.69) is 13.8 Å². The van der Waals surface area contributed by atoms with Crippen LogP contribution in [0.15, 0.2) is 60.7 Å². The van der Waals surface area contributed by atoms with Crippen LogP contribution in [0.4, 0.5) is 0 Å². The van der Waals surface area contributed by atoms with Crippen molar-refractivity contribution in [3.63, 3.8) is 0 Å². The van der Waals surface area contributed by atoms with Crippen molar-refractivity contribution in [2.45, 2.75) is 33.1 Å². The lowest BCUT2D eigenvalue weighted by molar-refractivity contribution is -0.128. The maximum atomic E-state index is 14.4. The Balaban J connectivity index is 1.84. The minimum atomic E-state index is -2.79. The predicted octanol–water partition coefficient (Wildman–Crippen LogP) is 4.40. The van der Waals surface area contributed by atoms with Gasteiger partial charge in [-0.3, -0.25) is 4.79 Å². The summed E-state index contributed by atoms with van der Waals surface area (Å²) in [5, 5.41) is 1.81. The second-order valence-corrected chi connectivity index (χ2v) is 11.0. The molecule has 2 fully saturated rings. The van der Waals surface area contributed by atoms with Crippen LogP contribution in [0.1, 0.15) is 33.1 Å². The van der Waals surface area contributed by atoms with E-state index in [0.717, 1.165) is 23.5 Å². The molecular formula is C22H25O2P. The molecule has 0 aromatic heterocycles. The van der Waals surface area contributed by atoms with E-state index in [0.29, 0.717) is 24.3 Å². The highest BCUT2D eigenvalue weighted by molar-refractivity contribution is 7.78. The van der Waals surface area contributed by atoms with Crippen LogP contribution in [-0.4, -0.2) is 11.9 Å². The number of fused-ring (bicyclic) bond motifs is 2. The predicted molar refractivity (Wildman–Crippen MR) is 103 cm³/mol. The average Bonchev–Trinajstić information content (AvgIpc) is 2.98. The highest BCUT2D eigenvalue weighted by Crippen LogP contribution is 2.68. The second-order valence-electron chi connectivity index (χ2n) is 8.18. The summed E-state index contributed by atoms with van der Waals surface area (Å²) in [5.41, 5.74) is -0.512. The van der Waals surface area contributed by atoms with E-state index in [1.807, 2.05) is 60.7 Å². The zero-order valence-electron chi connectivity index (χ0n) is 14.9. The van der Waals surface area contributed by atoms with Gasteiger partial charge in [-0.1, -0.05) is 74.5 Å². The van der Waals surface area contributed by atoms with Gasteiger partial charge < -0.3 is 4.57 Å². The van der Waals surface area contributed by atoms with E-state index in [-0.39, 0.29) is 10.8 Å². The molecule has 25 heavy (non-hydrogen) atoms. The third-order valence-corrected chi connectivity index (χ3v) is 10.5. The zero-order valence-corrected chi connectivity index (χ0v) is 15.8. The topological polar surface area (TPSA) is 34.1 Å². The molecule has 0 unspecified atom stereocenters. The van der Waals surface area contributed by atoms with Gasteiger partial charge in [0.2, 0.25) is 0 Å². The van der Waals surface area contributed by atoms with Gasteiger partial charge in [0.05, 0.1) is 0 Å². The SMILES string of the molecule is C[C@]12CC[C@H](CC1=O)[C@@]2(C)CP(=O)(c1ccccc1)c1ccccc1. The number of Topliss-reactive ketones (excluding diaryl/α,β-unsaturated/α-hetero) is 1. The molecule has 2 aliphatic rings. The Morgan fingerprint density at radius 2 is 1.48 bits per heavy atom. The van der Waals surface area contributed by atoms with E-state index in [9.17, 15) is 9.36 Å². The summed E-state index contributed by atoms with van der Waals surface area (Å²) in [7, 11) is -2.79. The van der Waals surface area contributed by atoms with E-state index >= 15 is 0 Å². The van der Waals surface area contributed by atoms with E-state index in [4.69, 9.17) is 0 Å². The zero-order chi connectivity index (χ0) is 17.7. The lowest BCUT2D eigenvalue weighted by Gasteiger charge is -2.39. The molecule has 0 spiro atoms. The average molecular weight is 352 g/mol. The van der Waals surface area contributed by atoms with Crippen molar-refractivity contribution in [1.82, 2.24) is 0 Å². The molecule has 0 aliphatic heterocycles. The van der Waals surface area contributed by atoms with Gasteiger partial charge >= 0.3 is 0 Å². The second kappa shape index (κ2) is 5.68. The van der Waals surface area contributed by atoms with Crippen LogP contribution in [0.25, 0.3) is 0 Å². The van der Waals surface area contributed by atoms with Gasteiger partial charge in [-0.05, 0) is 24.2 Å². The van der Waals surface area contributed by atoms with Crippen molar-refractivity contribution in [3.8, 4) is 0 Å². The first kappa shape index (κ1) is 16.8. The molecule has 2 bridgehead atoms. The molecule has 4 rings (SSSR count). The minimum Gasteiger partial charge on any atom is -0.314 e. The smallest absolute Gasteiger partial charge is 0.143 e. The number of carbonyl (C=O) groups is 1. The fraction of sp³-hybridized carbons (Fsp3) is 0.409. The van der Waals surface area contributed by atoms with Gasteiger partial charge in [0.25, 0.3) is 0 Å². The van der Waals surface area contributed by atoms with Gasteiger partial charge in [-0.25, -0.2) is 0 Å². The molecule has 0 heterocycles. The van der Waals surface area contributed by atoms with Crippen molar-refractivity contribution in [2.24, 2.45) is 16.7 Å². The first-order valence-electron chi connectivity index (χ1n) is 9.14. The maximum Gasteiger partial charge on any atom is 0.143 e. The maximum absolute atomic E-state index is 14.4. The summed E-state index contributed by atoms with van der Waals surface area (Å²) < 4.78 is 14.4. The Hall–Kier alpha value is -1.66. The van der Waals surface area contributed by atoms with Crippen LogP contribution in [0.5, 0.6) is 0 Å². The first-order valence-corrected chi connectivity index (χ1v) is 11.0. The summed E-state index contributed by atoms with van der Waals surface area (Å²) in [6, 6.07) is 19.7. The number of hydrogen-bond donors (Lipinski definition) is 0. The number of hydrogen-bond acceptors (Lipinski definition) is 2. The first-order chi connectivity index (χ1) is 11.9. The fourth-order valence-electron chi connectivity index (χ4n) is 5.19. The van der Waals surface area contributed by atoms with Gasteiger partial charge in [-0.15, -0.1) is 0 Å². The van der Waals surface area contributed by atoms with Crippen LogP contribution in [0, 0.1) is 16.7 Å². The van der Waals surface area contributed by atoms with E-state index < -0.39 is 7.14 Å². The normalized spacial score (nSPS) is 31.4. The number of benzene rings is 2. The van der Waals surface area contributed by atoms with Gasteiger partial charge in [0.1, 0.15) is 12.9 Å². The molecule has 2 saturated carbocycles. The number of ketones is 1. The number of rotatable bonds is 4. The molecule has 0 saturated heterocycles. The van der Waals surface area contributed by atoms with Crippen molar-refractivity contribution in [2.75, 3.05) is 6.16 Å². The molecule has 130 valence electrons. The lowest BCUT2D eigenvalue weighted by atomic mass is 9.70. The summed E-state index contributed by atoms with van der Waals surface area (Å²) in [5.74, 6) is 0.740. The van der Waals surface area contributed by atoms with Crippen LogP contribution in [0.3, 0.4) is 0 Å². The molecule has 2 aromatic rings. The molecular weight excluding hydrogens is 327 g/mol. The molecule has 0 radical (unpaired) electrons. The van der Waals surface area contributed by atoms with Gasteiger partial charge in [0, 0.05) is 28.6 Å². The van der Waals surface area contributed by atoms with Crippen molar-refractivity contribution >= 4 is 23.5 Å². The van der Waals surface area contributed by atoms with Crippen molar-refractivity contribution in [1.29, 1.82) is 0 Å². The number of carbonyl (C=O) groups excluding carboxylic acids is 1. The van der Waals surface area contributed by atoms with Crippen LogP contribution in [-0.2, 0) is 9.36 Å². The van der Waals surface area contributed by atoms with Crippen LogP contribution >= 0.6 is 7.14 Å². The Labute approximate surface area is 150 Å². The van der Waals surface area contributed by atoms with Gasteiger partial charge in [-0.2, -0.15) is 0 Å². The van der Waals surface area contributed by atoms with Crippen molar-refractivity contribution in [3.05, 3.63) is 60.7 Å². The molecule has 2 aliphatic carbocycles.